The number of nitrogen functional groups attached to an aromatic ring is 1. The van der Waals surface area contributed by atoms with Gasteiger partial charge in [-0.2, -0.15) is 0 Å². The molecule has 3 heterocycles. The number of alkyl halides is 1. The van der Waals surface area contributed by atoms with Crippen LogP contribution >= 0.6 is 0 Å². The van der Waals surface area contributed by atoms with Gasteiger partial charge >= 0.3 is 0 Å². The normalized spacial score (nSPS) is 27.2. The van der Waals surface area contributed by atoms with Crippen molar-refractivity contribution < 1.29 is 18.6 Å². The molecule has 1 aliphatic rings. The molecule has 2 aromatic heterocycles. The van der Waals surface area contributed by atoms with Gasteiger partial charge < -0.3 is 20.1 Å². The fraction of sp³-hybridized carbons (Fsp3) is 0.455. The minimum absolute atomic E-state index is 0.0229. The Morgan fingerprint density at radius 1 is 1.53 bits per heavy atom. The second kappa shape index (κ2) is 4.39. The van der Waals surface area contributed by atoms with Crippen LogP contribution < -0.4 is 5.73 Å². The van der Waals surface area contributed by atoms with Crippen molar-refractivity contribution in [2.45, 2.75) is 24.9 Å². The molecule has 3 rings (SSSR count). The number of nitrogens with zero attached hydrogens (tertiary/aromatic N) is 3. The maximum absolute atomic E-state index is 13.8. The highest BCUT2D eigenvalue weighted by molar-refractivity contribution is 5.86. The van der Waals surface area contributed by atoms with Crippen LogP contribution in [-0.2, 0) is 4.74 Å². The molecule has 0 unspecified atom stereocenters. The molecular formula is C11H12F2N4O2. The maximum Gasteiger partial charge on any atom is 0.154 e. The van der Waals surface area contributed by atoms with Crippen molar-refractivity contribution in [1.82, 2.24) is 14.5 Å². The molecule has 3 N–H and O–H groups in total. The van der Waals surface area contributed by atoms with Gasteiger partial charge in [-0.15, -0.1) is 0 Å². The molecule has 6 nitrogen and oxygen atoms in total. The van der Waals surface area contributed by atoms with Crippen LogP contribution in [0, 0.1) is 5.82 Å². The topological polar surface area (TPSA) is 86.2 Å². The van der Waals surface area contributed by atoms with Gasteiger partial charge in [-0.1, -0.05) is 0 Å². The molecule has 1 aliphatic heterocycles. The van der Waals surface area contributed by atoms with Crippen LogP contribution in [0.25, 0.3) is 11.0 Å². The van der Waals surface area contributed by atoms with Crippen molar-refractivity contribution in [3.63, 3.8) is 0 Å². The monoisotopic (exact) mass is 270 g/mol. The number of nitrogens with two attached hydrogens (primary N) is 1. The van der Waals surface area contributed by atoms with Crippen LogP contribution in [0.1, 0.15) is 12.6 Å². The number of fused-ring (bicyclic) bond motifs is 1. The van der Waals surface area contributed by atoms with E-state index in [0.29, 0.717) is 0 Å². The Labute approximate surface area is 106 Å². The summed E-state index contributed by atoms with van der Waals surface area (Å²) in [5.74, 6) is -0.561. The van der Waals surface area contributed by atoms with Gasteiger partial charge in [0.1, 0.15) is 30.6 Å². The highest BCUT2D eigenvalue weighted by Crippen LogP contribution is 2.34. The van der Waals surface area contributed by atoms with Crippen molar-refractivity contribution >= 4 is 16.9 Å². The number of hydrogen-bond acceptors (Lipinski definition) is 5. The van der Waals surface area contributed by atoms with Gasteiger partial charge in [-0.05, 0) is 0 Å². The summed E-state index contributed by atoms with van der Waals surface area (Å²) in [6.45, 7) is -0.420. The Morgan fingerprint density at radius 2 is 2.32 bits per heavy atom. The summed E-state index contributed by atoms with van der Waals surface area (Å²) in [7, 11) is 0. The smallest absolute Gasteiger partial charge is 0.154 e. The molecular weight excluding hydrogens is 258 g/mol. The molecule has 102 valence electrons. The first kappa shape index (κ1) is 12.2. The largest absolute Gasteiger partial charge is 0.394 e. The summed E-state index contributed by atoms with van der Waals surface area (Å²) < 4.78 is 34.1. The van der Waals surface area contributed by atoms with E-state index in [-0.39, 0.29) is 23.3 Å². The van der Waals surface area contributed by atoms with E-state index in [1.54, 1.807) is 0 Å². The van der Waals surface area contributed by atoms with Gasteiger partial charge in [0.25, 0.3) is 0 Å². The Bertz CT molecular complexity index is 618. The minimum Gasteiger partial charge on any atom is -0.394 e. The van der Waals surface area contributed by atoms with Crippen LogP contribution in [0.15, 0.2) is 12.5 Å². The first-order valence-electron chi connectivity index (χ1n) is 5.78. The van der Waals surface area contributed by atoms with Crippen LogP contribution in [0.2, 0.25) is 0 Å². The van der Waals surface area contributed by atoms with Crippen LogP contribution in [0.5, 0.6) is 0 Å². The van der Waals surface area contributed by atoms with Crippen LogP contribution in [-0.4, -0.2) is 38.5 Å². The highest BCUT2D eigenvalue weighted by atomic mass is 19.1. The lowest BCUT2D eigenvalue weighted by molar-refractivity contribution is -0.0322. The molecule has 8 heteroatoms. The molecule has 1 fully saturated rings. The van der Waals surface area contributed by atoms with E-state index in [4.69, 9.17) is 15.6 Å². The standard InChI is InChI=1S/C11H12F2N4O2/c12-5-1-8(19-7(5)3-18)17-2-6(13)9-10(14)15-4-16-11(9)17/h2,4-5,7-8,18H,1,3H2,(H2,14,15,16)/t5-,7+,8+/m0/s1. The molecule has 19 heavy (non-hydrogen) atoms. The SMILES string of the molecule is Nc1ncnc2c1c(F)cn2[C@H]1C[C@H](F)[C@@H](CO)O1. The molecule has 3 atom stereocenters. The van der Waals surface area contributed by atoms with Crippen molar-refractivity contribution in [3.8, 4) is 0 Å². The zero-order valence-corrected chi connectivity index (χ0v) is 9.83. The Morgan fingerprint density at radius 3 is 3.00 bits per heavy atom. The van der Waals surface area contributed by atoms with Gasteiger partial charge in [0.15, 0.2) is 11.5 Å². The zero-order chi connectivity index (χ0) is 13.6. The summed E-state index contributed by atoms with van der Waals surface area (Å²) in [6.07, 6.45) is -0.516. The predicted molar refractivity (Wildman–Crippen MR) is 62.4 cm³/mol. The fourth-order valence-electron chi connectivity index (χ4n) is 2.31. The van der Waals surface area contributed by atoms with Crippen LogP contribution in [0.3, 0.4) is 0 Å². The molecule has 1 saturated heterocycles. The van der Waals surface area contributed by atoms with Gasteiger partial charge in [0.05, 0.1) is 12.0 Å². The maximum atomic E-state index is 13.8. The van der Waals surface area contributed by atoms with E-state index in [2.05, 4.69) is 9.97 Å². The van der Waals surface area contributed by atoms with Crippen molar-refractivity contribution in [2.75, 3.05) is 12.3 Å². The highest BCUT2D eigenvalue weighted by Gasteiger charge is 2.37. The van der Waals surface area contributed by atoms with E-state index in [9.17, 15) is 8.78 Å². The number of hydrogen-bond donors (Lipinski definition) is 2. The average molecular weight is 270 g/mol. The number of halogens is 2. The van der Waals surface area contributed by atoms with Gasteiger partial charge in [-0.3, -0.25) is 0 Å². The molecule has 0 radical (unpaired) electrons. The first-order valence-corrected chi connectivity index (χ1v) is 5.78. The lowest BCUT2D eigenvalue weighted by Gasteiger charge is -2.13. The summed E-state index contributed by atoms with van der Waals surface area (Å²) in [4.78, 5) is 7.66. The van der Waals surface area contributed by atoms with Gasteiger partial charge in [-0.25, -0.2) is 18.7 Å². The zero-order valence-electron chi connectivity index (χ0n) is 9.83. The second-order valence-corrected chi connectivity index (χ2v) is 4.41. The summed E-state index contributed by atoms with van der Waals surface area (Å²) >= 11 is 0. The third-order valence-electron chi connectivity index (χ3n) is 3.24. The minimum atomic E-state index is -1.30. The number of anilines is 1. The number of aromatic nitrogens is 3. The third-order valence-corrected chi connectivity index (χ3v) is 3.24. The molecule has 0 saturated carbocycles. The molecule has 2 aromatic rings. The molecule has 0 aliphatic carbocycles. The van der Waals surface area contributed by atoms with Crippen molar-refractivity contribution in [1.29, 1.82) is 0 Å². The molecule has 0 bridgehead atoms. The molecule has 0 spiro atoms. The fourth-order valence-corrected chi connectivity index (χ4v) is 2.31. The first-order chi connectivity index (χ1) is 9.11. The number of aliphatic hydroxyl groups excluding tert-OH is 1. The van der Waals surface area contributed by atoms with E-state index < -0.39 is 30.9 Å². The molecule has 0 amide bonds. The predicted octanol–water partition coefficient (Wildman–Crippen LogP) is 0.770. The van der Waals surface area contributed by atoms with E-state index in [1.807, 2.05) is 0 Å². The summed E-state index contributed by atoms with van der Waals surface area (Å²) in [6, 6.07) is 0. The summed E-state index contributed by atoms with van der Waals surface area (Å²) in [5, 5.41) is 9.06. The Hall–Kier alpha value is -1.80. The van der Waals surface area contributed by atoms with Crippen molar-refractivity contribution in [3.05, 3.63) is 18.3 Å². The third kappa shape index (κ3) is 1.83. The number of aliphatic hydroxyl groups is 1. The van der Waals surface area contributed by atoms with E-state index in [0.717, 1.165) is 6.20 Å². The summed E-state index contributed by atoms with van der Waals surface area (Å²) in [5.41, 5.74) is 5.84. The van der Waals surface area contributed by atoms with Gasteiger partial charge in [0, 0.05) is 12.6 Å². The number of ether oxygens (including phenoxy) is 1. The Kier molecular flexibility index (Phi) is 2.83. The lowest BCUT2D eigenvalue weighted by Crippen LogP contribution is -2.21. The average Bonchev–Trinajstić information content (AvgIpc) is 2.91. The van der Waals surface area contributed by atoms with E-state index >= 15 is 0 Å². The molecule has 0 aromatic carbocycles. The Balaban J connectivity index is 2.05. The number of rotatable bonds is 2. The second-order valence-electron chi connectivity index (χ2n) is 4.41. The van der Waals surface area contributed by atoms with Gasteiger partial charge in [0.2, 0.25) is 0 Å². The van der Waals surface area contributed by atoms with E-state index in [1.165, 1.54) is 10.9 Å². The lowest BCUT2D eigenvalue weighted by atomic mass is 10.2. The quantitative estimate of drug-likeness (QED) is 0.841. The van der Waals surface area contributed by atoms with Crippen molar-refractivity contribution in [2.24, 2.45) is 0 Å². The van der Waals surface area contributed by atoms with Crippen LogP contribution in [0.4, 0.5) is 14.6 Å².